The number of nitrogens with zero attached hydrogens (tertiary/aromatic N) is 4. The fourth-order valence-corrected chi connectivity index (χ4v) is 2.15. The molecule has 100 valence electrons. The van der Waals surface area contributed by atoms with Crippen LogP contribution < -0.4 is 10.6 Å². The van der Waals surface area contributed by atoms with Gasteiger partial charge in [-0.1, -0.05) is 18.2 Å². The molecule has 1 aromatic carbocycles. The Balaban J connectivity index is 2.05. The van der Waals surface area contributed by atoms with Crippen LogP contribution in [0.1, 0.15) is 0 Å². The summed E-state index contributed by atoms with van der Waals surface area (Å²) in [6.07, 6.45) is 2.80. The number of aromatic nitrogens is 3. The first-order valence-electron chi connectivity index (χ1n) is 5.29. The van der Waals surface area contributed by atoms with Crippen molar-refractivity contribution in [3.05, 3.63) is 43.0 Å². The van der Waals surface area contributed by atoms with Crippen LogP contribution in [0, 0.1) is 0 Å². The third-order valence-corrected chi connectivity index (χ3v) is 3.38. The highest BCUT2D eigenvalue weighted by molar-refractivity contribution is 7.89. The molecule has 2 rings (SSSR count). The maximum Gasteiger partial charge on any atom is 0.276 e. The van der Waals surface area contributed by atoms with Gasteiger partial charge in [0.25, 0.3) is 10.0 Å². The summed E-state index contributed by atoms with van der Waals surface area (Å²) >= 11 is 0. The molecular formula is C10H12N6O2S. The van der Waals surface area contributed by atoms with Crippen molar-refractivity contribution in [3.8, 4) is 0 Å². The van der Waals surface area contributed by atoms with Gasteiger partial charge < -0.3 is 5.73 Å². The smallest absolute Gasteiger partial charge is 0.276 e. The highest BCUT2D eigenvalue weighted by Gasteiger charge is 2.11. The Bertz CT molecular complexity index is 651. The summed E-state index contributed by atoms with van der Waals surface area (Å²) in [7, 11) is -3.70. The molecule has 0 saturated heterocycles. The summed E-state index contributed by atoms with van der Waals surface area (Å²) in [5.74, 6) is 0.0741. The van der Waals surface area contributed by atoms with Gasteiger partial charge in [-0.2, -0.15) is 23.4 Å². The van der Waals surface area contributed by atoms with Crippen LogP contribution in [0.4, 0.5) is 0 Å². The number of sulfonamides is 1. The number of hydrazone groups is 1. The van der Waals surface area contributed by atoms with Gasteiger partial charge in [-0.25, -0.2) is 9.67 Å². The molecular weight excluding hydrogens is 268 g/mol. The average Bonchev–Trinajstić information content (AvgIpc) is 2.90. The fraction of sp³-hybridized carbons (Fsp3) is 0.100. The molecule has 0 spiro atoms. The molecule has 9 heteroatoms. The molecule has 0 aliphatic carbocycles. The molecule has 3 N–H and O–H groups in total. The number of hydrogen-bond donors (Lipinski definition) is 2. The van der Waals surface area contributed by atoms with Gasteiger partial charge in [0.2, 0.25) is 0 Å². The predicted molar refractivity (Wildman–Crippen MR) is 68.4 cm³/mol. The first kappa shape index (κ1) is 13.0. The fourth-order valence-electron chi connectivity index (χ4n) is 1.29. The van der Waals surface area contributed by atoms with Gasteiger partial charge in [-0.15, -0.1) is 0 Å². The van der Waals surface area contributed by atoms with Crippen LogP contribution >= 0.6 is 0 Å². The highest BCUT2D eigenvalue weighted by Crippen LogP contribution is 2.06. The normalized spacial score (nSPS) is 12.3. The third-order valence-electron chi connectivity index (χ3n) is 2.15. The highest BCUT2D eigenvalue weighted by atomic mass is 32.2. The quantitative estimate of drug-likeness (QED) is 0.436. The second-order valence-electron chi connectivity index (χ2n) is 3.60. The van der Waals surface area contributed by atoms with Gasteiger partial charge in [0.15, 0.2) is 0 Å². The molecule has 19 heavy (non-hydrogen) atoms. The van der Waals surface area contributed by atoms with Crippen LogP contribution in [0.5, 0.6) is 0 Å². The van der Waals surface area contributed by atoms with Crippen molar-refractivity contribution in [2.24, 2.45) is 10.8 Å². The largest absolute Gasteiger partial charge is 0.384 e. The summed E-state index contributed by atoms with van der Waals surface area (Å²) in [6.45, 7) is 0.150. The standard InChI is InChI=1S/C10H12N6O2S/c11-10(6-16-8-12-7-13-16)14-15-19(17,18)9-4-2-1-3-5-9/h1-5,7-8,15H,6H2,(H2,11,14). The van der Waals surface area contributed by atoms with Crippen molar-refractivity contribution in [1.82, 2.24) is 19.6 Å². The number of hydrogen-bond acceptors (Lipinski definition) is 5. The minimum Gasteiger partial charge on any atom is -0.384 e. The topological polar surface area (TPSA) is 115 Å². The number of amidine groups is 1. The number of rotatable bonds is 5. The van der Waals surface area contributed by atoms with Crippen LogP contribution in [0.25, 0.3) is 0 Å². The second kappa shape index (κ2) is 5.48. The van der Waals surface area contributed by atoms with Crippen molar-refractivity contribution < 1.29 is 8.42 Å². The van der Waals surface area contributed by atoms with E-state index >= 15 is 0 Å². The monoisotopic (exact) mass is 280 g/mol. The minimum atomic E-state index is -3.70. The summed E-state index contributed by atoms with van der Waals surface area (Å²) < 4.78 is 25.1. The van der Waals surface area contributed by atoms with Crippen molar-refractivity contribution in [2.45, 2.75) is 11.4 Å². The number of benzene rings is 1. The van der Waals surface area contributed by atoms with E-state index in [0.717, 1.165) is 0 Å². The van der Waals surface area contributed by atoms with Gasteiger partial charge in [-0.05, 0) is 12.1 Å². The molecule has 1 aromatic heterocycles. The van der Waals surface area contributed by atoms with Gasteiger partial charge in [0.1, 0.15) is 25.0 Å². The lowest BCUT2D eigenvalue weighted by molar-refractivity contribution is 0.584. The molecule has 8 nitrogen and oxygen atoms in total. The van der Waals surface area contributed by atoms with Gasteiger partial charge in [0.05, 0.1) is 4.90 Å². The predicted octanol–water partition coefficient (Wildman–Crippen LogP) is -0.471. The molecule has 0 unspecified atom stereocenters. The second-order valence-corrected chi connectivity index (χ2v) is 5.26. The van der Waals surface area contributed by atoms with Crippen molar-refractivity contribution in [1.29, 1.82) is 0 Å². The first-order chi connectivity index (χ1) is 9.08. The van der Waals surface area contributed by atoms with E-state index < -0.39 is 10.0 Å². The van der Waals surface area contributed by atoms with Crippen LogP contribution in [-0.2, 0) is 16.6 Å². The third kappa shape index (κ3) is 3.52. The Morgan fingerprint density at radius 1 is 1.37 bits per heavy atom. The van der Waals surface area contributed by atoms with E-state index in [1.165, 1.54) is 29.5 Å². The van der Waals surface area contributed by atoms with Crippen LogP contribution in [0.2, 0.25) is 0 Å². The van der Waals surface area contributed by atoms with E-state index in [9.17, 15) is 8.42 Å². The summed E-state index contributed by atoms with van der Waals surface area (Å²) in [6, 6.07) is 7.90. The Labute approximate surface area is 110 Å². The average molecular weight is 280 g/mol. The Morgan fingerprint density at radius 3 is 2.74 bits per heavy atom. The number of nitrogens with two attached hydrogens (primary N) is 1. The molecule has 1 heterocycles. The van der Waals surface area contributed by atoms with Gasteiger partial charge in [-0.3, -0.25) is 0 Å². The molecule has 0 radical (unpaired) electrons. The minimum absolute atomic E-state index is 0.0741. The summed E-state index contributed by atoms with van der Waals surface area (Å²) in [4.78, 5) is 5.91. The summed E-state index contributed by atoms with van der Waals surface area (Å²) in [5.41, 5.74) is 5.58. The van der Waals surface area contributed by atoms with E-state index in [1.807, 2.05) is 0 Å². The molecule has 0 fully saturated rings. The Kier molecular flexibility index (Phi) is 3.76. The molecule has 0 aliphatic heterocycles. The lowest BCUT2D eigenvalue weighted by atomic mass is 10.4. The Morgan fingerprint density at radius 2 is 2.11 bits per heavy atom. The van der Waals surface area contributed by atoms with E-state index in [4.69, 9.17) is 5.73 Å². The molecule has 0 amide bonds. The summed E-state index contributed by atoms with van der Waals surface area (Å²) in [5, 5.41) is 7.44. The molecule has 0 saturated carbocycles. The van der Waals surface area contributed by atoms with E-state index in [-0.39, 0.29) is 17.3 Å². The molecule has 0 atom stereocenters. The zero-order chi connectivity index (χ0) is 13.7. The van der Waals surface area contributed by atoms with Gasteiger partial charge in [0, 0.05) is 0 Å². The SMILES string of the molecule is NC(Cn1cncn1)=NNS(=O)(=O)c1ccccc1. The van der Waals surface area contributed by atoms with Gasteiger partial charge >= 0.3 is 0 Å². The molecule has 0 aliphatic rings. The Hall–Kier alpha value is -2.42. The zero-order valence-corrected chi connectivity index (χ0v) is 10.7. The maximum atomic E-state index is 11.8. The lowest BCUT2D eigenvalue weighted by Gasteiger charge is -2.04. The van der Waals surface area contributed by atoms with Crippen LogP contribution in [0.3, 0.4) is 0 Å². The first-order valence-corrected chi connectivity index (χ1v) is 6.77. The molecule has 2 aromatic rings. The van der Waals surface area contributed by atoms with Crippen molar-refractivity contribution in [2.75, 3.05) is 0 Å². The van der Waals surface area contributed by atoms with Crippen LogP contribution in [-0.4, -0.2) is 29.0 Å². The van der Waals surface area contributed by atoms with Crippen molar-refractivity contribution >= 4 is 15.9 Å². The lowest BCUT2D eigenvalue weighted by Crippen LogP contribution is -2.26. The van der Waals surface area contributed by atoms with Crippen molar-refractivity contribution in [3.63, 3.8) is 0 Å². The van der Waals surface area contributed by atoms with E-state index in [2.05, 4.69) is 20.0 Å². The van der Waals surface area contributed by atoms with Crippen LogP contribution in [0.15, 0.2) is 53.0 Å². The zero-order valence-electron chi connectivity index (χ0n) is 9.84. The van der Waals surface area contributed by atoms with E-state index in [1.54, 1.807) is 18.2 Å². The van der Waals surface area contributed by atoms with E-state index in [0.29, 0.717) is 0 Å². The maximum absolute atomic E-state index is 11.8. The number of nitrogens with one attached hydrogen (secondary N) is 1. The molecule has 0 bridgehead atoms.